The molecule has 25 heavy (non-hydrogen) atoms. The quantitative estimate of drug-likeness (QED) is 0.559. The first-order chi connectivity index (χ1) is 12.1. The highest BCUT2D eigenvalue weighted by molar-refractivity contribution is 6.35. The standard InChI is InChI=1S/C18H18Cl2N2O3/c1-2-16-14(5-8-24-16)18(23)25-17(10-22-7-6-21-11-22)13-4-3-12(19)9-15(13)20/h2-4,6-7,9,11,14,16-17H,1,5,8,10H2/t14-,16+,17?/m1/s1. The molecule has 0 aliphatic carbocycles. The van der Waals surface area contributed by atoms with Crippen molar-refractivity contribution in [2.24, 2.45) is 5.92 Å². The Morgan fingerprint density at radius 3 is 3.04 bits per heavy atom. The lowest BCUT2D eigenvalue weighted by molar-refractivity contribution is -0.156. The monoisotopic (exact) mass is 380 g/mol. The smallest absolute Gasteiger partial charge is 0.312 e. The van der Waals surface area contributed by atoms with Gasteiger partial charge in [-0.15, -0.1) is 6.58 Å². The molecule has 2 heterocycles. The highest BCUT2D eigenvalue weighted by Gasteiger charge is 2.35. The van der Waals surface area contributed by atoms with Crippen LogP contribution >= 0.6 is 23.2 Å². The molecular formula is C18H18Cl2N2O3. The fourth-order valence-electron chi connectivity index (χ4n) is 2.87. The normalized spacial score (nSPS) is 21.0. The first-order valence-electron chi connectivity index (χ1n) is 7.94. The maximum atomic E-state index is 12.7. The zero-order valence-electron chi connectivity index (χ0n) is 13.5. The summed E-state index contributed by atoms with van der Waals surface area (Å²) < 4.78 is 13.1. The highest BCUT2D eigenvalue weighted by atomic mass is 35.5. The number of carbonyl (C=O) groups excluding carboxylic acids is 1. The van der Waals surface area contributed by atoms with Gasteiger partial charge in [-0.1, -0.05) is 35.3 Å². The van der Waals surface area contributed by atoms with Crippen LogP contribution < -0.4 is 0 Å². The van der Waals surface area contributed by atoms with Gasteiger partial charge in [0.05, 0.1) is 24.9 Å². The second kappa shape index (κ2) is 8.04. The molecule has 1 aliphatic heterocycles. The summed E-state index contributed by atoms with van der Waals surface area (Å²) in [6, 6.07) is 5.14. The molecule has 1 aromatic carbocycles. The van der Waals surface area contributed by atoms with E-state index in [0.29, 0.717) is 35.2 Å². The van der Waals surface area contributed by atoms with Crippen molar-refractivity contribution in [3.8, 4) is 0 Å². The molecule has 1 aromatic heterocycles. The average Bonchev–Trinajstić information content (AvgIpc) is 3.25. The van der Waals surface area contributed by atoms with E-state index in [-0.39, 0.29) is 18.0 Å². The van der Waals surface area contributed by atoms with Gasteiger partial charge in [0.15, 0.2) is 0 Å². The van der Waals surface area contributed by atoms with Crippen LogP contribution in [0.5, 0.6) is 0 Å². The molecule has 7 heteroatoms. The van der Waals surface area contributed by atoms with Gasteiger partial charge in [-0.3, -0.25) is 4.79 Å². The Kier molecular flexibility index (Phi) is 5.78. The van der Waals surface area contributed by atoms with Gasteiger partial charge >= 0.3 is 5.97 Å². The summed E-state index contributed by atoms with van der Waals surface area (Å²) in [7, 11) is 0. The molecule has 0 amide bonds. The van der Waals surface area contributed by atoms with Crippen LogP contribution in [-0.2, 0) is 20.8 Å². The number of imidazole rings is 1. The van der Waals surface area contributed by atoms with Crippen LogP contribution in [0.4, 0.5) is 0 Å². The summed E-state index contributed by atoms with van der Waals surface area (Å²) >= 11 is 12.3. The molecule has 3 rings (SSSR count). The summed E-state index contributed by atoms with van der Waals surface area (Å²) in [4.78, 5) is 16.7. The molecule has 2 aromatic rings. The molecule has 1 unspecified atom stereocenters. The molecule has 1 aliphatic rings. The third kappa shape index (κ3) is 4.24. The van der Waals surface area contributed by atoms with Gasteiger partial charge in [0.2, 0.25) is 0 Å². The maximum absolute atomic E-state index is 12.7. The van der Waals surface area contributed by atoms with E-state index in [0.717, 1.165) is 0 Å². The van der Waals surface area contributed by atoms with Crippen LogP contribution in [0.2, 0.25) is 10.0 Å². The van der Waals surface area contributed by atoms with Crippen molar-refractivity contribution >= 4 is 29.2 Å². The summed E-state index contributed by atoms with van der Waals surface area (Å²) in [5, 5.41) is 0.978. The molecule has 132 valence electrons. The number of ether oxygens (including phenoxy) is 2. The molecule has 0 bridgehead atoms. The Labute approximate surface area is 156 Å². The second-order valence-electron chi connectivity index (χ2n) is 5.82. The zero-order valence-corrected chi connectivity index (χ0v) is 15.0. The van der Waals surface area contributed by atoms with Crippen molar-refractivity contribution < 1.29 is 14.3 Å². The molecule has 0 N–H and O–H groups in total. The molecule has 0 spiro atoms. The van der Waals surface area contributed by atoms with E-state index < -0.39 is 6.10 Å². The van der Waals surface area contributed by atoms with E-state index >= 15 is 0 Å². The summed E-state index contributed by atoms with van der Waals surface area (Å²) in [5.74, 6) is -0.674. The van der Waals surface area contributed by atoms with Gasteiger partial charge in [0.1, 0.15) is 6.10 Å². The van der Waals surface area contributed by atoms with Gasteiger partial charge in [-0.2, -0.15) is 0 Å². The van der Waals surface area contributed by atoms with Crippen molar-refractivity contribution in [3.05, 3.63) is 65.2 Å². The Morgan fingerprint density at radius 1 is 1.52 bits per heavy atom. The van der Waals surface area contributed by atoms with E-state index in [9.17, 15) is 4.79 Å². The van der Waals surface area contributed by atoms with E-state index in [2.05, 4.69) is 11.6 Å². The summed E-state index contributed by atoms with van der Waals surface area (Å²) in [6.45, 7) is 4.64. The Balaban J connectivity index is 1.83. The molecule has 5 nitrogen and oxygen atoms in total. The van der Waals surface area contributed by atoms with E-state index in [1.54, 1.807) is 43.0 Å². The highest BCUT2D eigenvalue weighted by Crippen LogP contribution is 2.32. The predicted octanol–water partition coefficient (Wildman–Crippen LogP) is 4.07. The lowest BCUT2D eigenvalue weighted by atomic mass is 10.0. The van der Waals surface area contributed by atoms with Crippen LogP contribution in [-0.4, -0.2) is 28.2 Å². The van der Waals surface area contributed by atoms with Gasteiger partial charge in [0.25, 0.3) is 0 Å². The number of esters is 1. The lowest BCUT2D eigenvalue weighted by Gasteiger charge is -2.23. The first-order valence-corrected chi connectivity index (χ1v) is 8.69. The van der Waals surface area contributed by atoms with E-state index in [1.165, 1.54) is 0 Å². The van der Waals surface area contributed by atoms with Crippen molar-refractivity contribution in [2.45, 2.75) is 25.2 Å². The van der Waals surface area contributed by atoms with Gasteiger partial charge < -0.3 is 14.0 Å². The first kappa shape index (κ1) is 18.0. The topological polar surface area (TPSA) is 53.4 Å². The number of nitrogens with zero attached hydrogens (tertiary/aromatic N) is 2. The Hall–Kier alpha value is -1.82. The van der Waals surface area contributed by atoms with Crippen molar-refractivity contribution in [3.63, 3.8) is 0 Å². The number of hydrogen-bond donors (Lipinski definition) is 0. The largest absolute Gasteiger partial charge is 0.455 e. The van der Waals surface area contributed by atoms with Crippen LogP contribution in [0, 0.1) is 5.92 Å². The van der Waals surface area contributed by atoms with Gasteiger partial charge in [-0.05, 0) is 18.6 Å². The number of rotatable bonds is 6. The van der Waals surface area contributed by atoms with Crippen LogP contribution in [0.3, 0.4) is 0 Å². The fraction of sp³-hybridized carbons (Fsp3) is 0.333. The summed E-state index contributed by atoms with van der Waals surface area (Å²) in [5.41, 5.74) is 0.696. The second-order valence-corrected chi connectivity index (χ2v) is 6.66. The number of aromatic nitrogens is 2. The maximum Gasteiger partial charge on any atom is 0.312 e. The van der Waals surface area contributed by atoms with Crippen molar-refractivity contribution in [2.75, 3.05) is 6.61 Å². The minimum Gasteiger partial charge on any atom is -0.455 e. The number of carbonyl (C=O) groups is 1. The molecule has 1 saturated heterocycles. The minimum absolute atomic E-state index is 0.318. The molecule has 3 atom stereocenters. The third-order valence-corrected chi connectivity index (χ3v) is 4.74. The Bertz CT molecular complexity index is 749. The van der Waals surface area contributed by atoms with Crippen LogP contribution in [0.1, 0.15) is 18.1 Å². The zero-order chi connectivity index (χ0) is 17.8. The van der Waals surface area contributed by atoms with E-state index in [1.807, 2.05) is 4.57 Å². The lowest BCUT2D eigenvalue weighted by Crippen LogP contribution is -2.27. The predicted molar refractivity (Wildman–Crippen MR) is 95.6 cm³/mol. The molecular weight excluding hydrogens is 363 g/mol. The van der Waals surface area contributed by atoms with Crippen LogP contribution in [0.25, 0.3) is 0 Å². The van der Waals surface area contributed by atoms with Crippen LogP contribution in [0.15, 0.2) is 49.6 Å². The van der Waals surface area contributed by atoms with Gasteiger partial charge in [-0.25, -0.2) is 4.98 Å². The number of halogens is 2. The minimum atomic E-state index is -0.558. The SMILES string of the molecule is C=C[C@@H]1OCC[C@H]1C(=O)OC(Cn1ccnc1)c1ccc(Cl)cc1Cl. The molecule has 0 radical (unpaired) electrons. The number of hydrogen-bond acceptors (Lipinski definition) is 4. The van der Waals surface area contributed by atoms with Crippen molar-refractivity contribution in [1.82, 2.24) is 9.55 Å². The third-order valence-electron chi connectivity index (χ3n) is 4.17. The van der Waals surface area contributed by atoms with Crippen molar-refractivity contribution in [1.29, 1.82) is 0 Å². The average molecular weight is 381 g/mol. The van der Waals surface area contributed by atoms with Gasteiger partial charge in [0, 0.05) is 34.6 Å². The Morgan fingerprint density at radius 2 is 2.36 bits per heavy atom. The number of benzene rings is 1. The molecule has 1 fully saturated rings. The fourth-order valence-corrected chi connectivity index (χ4v) is 3.40. The molecule has 0 saturated carbocycles. The summed E-state index contributed by atoms with van der Waals surface area (Å²) in [6.07, 6.45) is 6.51. The van der Waals surface area contributed by atoms with E-state index in [4.69, 9.17) is 32.7 Å².